The standard InChI is InChI=1S/C23H27N4O4P/c1-31-19-5-6-20-21(15-19)25-22(7-4-18-3-2-11-24-16-18)26-23(20)27-12-8-17(9-13-27)10-14-32(28,29)30/h2-7,11,15-17H,8-10,12-14H2,1H3,(H2,28,29,30)/b7-4+. The molecule has 1 aromatic carbocycles. The topological polar surface area (TPSA) is 109 Å². The molecule has 0 atom stereocenters. The monoisotopic (exact) mass is 454 g/mol. The van der Waals surface area contributed by atoms with Crippen molar-refractivity contribution in [2.24, 2.45) is 5.92 Å². The van der Waals surface area contributed by atoms with Gasteiger partial charge in [-0.05, 0) is 61.1 Å². The number of anilines is 1. The van der Waals surface area contributed by atoms with Crippen LogP contribution in [0.15, 0.2) is 42.7 Å². The van der Waals surface area contributed by atoms with Crippen LogP contribution < -0.4 is 9.64 Å². The van der Waals surface area contributed by atoms with E-state index in [1.54, 1.807) is 19.5 Å². The lowest BCUT2D eigenvalue weighted by Crippen LogP contribution is -2.34. The summed E-state index contributed by atoms with van der Waals surface area (Å²) >= 11 is 0. The Labute approximate surface area is 187 Å². The zero-order chi connectivity index (χ0) is 22.6. The maximum absolute atomic E-state index is 11.2. The van der Waals surface area contributed by atoms with Crippen molar-refractivity contribution in [3.05, 3.63) is 54.1 Å². The number of pyridine rings is 1. The molecule has 0 spiro atoms. The van der Waals surface area contributed by atoms with E-state index < -0.39 is 7.60 Å². The Morgan fingerprint density at radius 1 is 1.19 bits per heavy atom. The summed E-state index contributed by atoms with van der Waals surface area (Å²) in [5.41, 5.74) is 1.78. The van der Waals surface area contributed by atoms with Crippen LogP contribution in [0.25, 0.3) is 23.1 Å². The first-order valence-electron chi connectivity index (χ1n) is 10.6. The molecular formula is C23H27N4O4P. The maximum Gasteiger partial charge on any atom is 0.325 e. The third-order valence-corrected chi connectivity index (χ3v) is 6.59. The lowest BCUT2D eigenvalue weighted by molar-refractivity contribution is 0.350. The van der Waals surface area contributed by atoms with Crippen molar-refractivity contribution >= 4 is 36.5 Å². The van der Waals surface area contributed by atoms with E-state index in [1.165, 1.54) is 0 Å². The average Bonchev–Trinajstić information content (AvgIpc) is 2.81. The van der Waals surface area contributed by atoms with Crippen molar-refractivity contribution in [1.29, 1.82) is 0 Å². The van der Waals surface area contributed by atoms with Gasteiger partial charge in [0.1, 0.15) is 11.6 Å². The average molecular weight is 454 g/mol. The molecule has 1 aliphatic rings. The summed E-state index contributed by atoms with van der Waals surface area (Å²) in [7, 11) is -2.31. The molecule has 8 nitrogen and oxygen atoms in total. The number of hydrogen-bond acceptors (Lipinski definition) is 6. The highest BCUT2D eigenvalue weighted by molar-refractivity contribution is 7.51. The molecule has 1 aliphatic heterocycles. The first-order chi connectivity index (χ1) is 15.4. The molecule has 4 rings (SSSR count). The van der Waals surface area contributed by atoms with Crippen LogP contribution in [0.4, 0.5) is 5.82 Å². The minimum absolute atomic E-state index is 0.0445. The molecule has 168 valence electrons. The van der Waals surface area contributed by atoms with E-state index in [4.69, 9.17) is 24.5 Å². The van der Waals surface area contributed by atoms with Gasteiger partial charge in [-0.15, -0.1) is 0 Å². The lowest BCUT2D eigenvalue weighted by atomic mass is 9.94. The SMILES string of the molecule is COc1ccc2c(N3CCC(CCP(=O)(O)O)CC3)nc(/C=C/c3cccnc3)nc2c1. The molecule has 0 radical (unpaired) electrons. The summed E-state index contributed by atoms with van der Waals surface area (Å²) in [5.74, 6) is 2.53. The Balaban J connectivity index is 1.60. The molecule has 0 unspecified atom stereocenters. The van der Waals surface area contributed by atoms with Crippen molar-refractivity contribution < 1.29 is 19.1 Å². The second-order valence-corrected chi connectivity index (χ2v) is 9.79. The second-order valence-electron chi connectivity index (χ2n) is 8.02. The van der Waals surface area contributed by atoms with Gasteiger partial charge in [0.25, 0.3) is 0 Å². The molecule has 2 aromatic heterocycles. The molecule has 32 heavy (non-hydrogen) atoms. The Kier molecular flexibility index (Phi) is 6.84. The van der Waals surface area contributed by atoms with E-state index in [2.05, 4.69) is 9.88 Å². The van der Waals surface area contributed by atoms with Gasteiger partial charge in [-0.1, -0.05) is 6.07 Å². The summed E-state index contributed by atoms with van der Waals surface area (Å²) in [6.07, 6.45) is 9.60. The molecule has 1 saturated heterocycles. The first kappa shape index (κ1) is 22.4. The van der Waals surface area contributed by atoms with Gasteiger partial charge >= 0.3 is 7.60 Å². The first-order valence-corrected chi connectivity index (χ1v) is 12.4. The number of ether oxygens (including phenoxy) is 1. The number of nitrogens with zero attached hydrogens (tertiary/aromatic N) is 4. The number of fused-ring (bicyclic) bond motifs is 1. The zero-order valence-electron chi connectivity index (χ0n) is 18.0. The summed E-state index contributed by atoms with van der Waals surface area (Å²) in [6, 6.07) is 9.66. The van der Waals surface area contributed by atoms with Crippen molar-refractivity contribution in [1.82, 2.24) is 15.0 Å². The van der Waals surface area contributed by atoms with E-state index in [9.17, 15) is 4.57 Å². The highest BCUT2D eigenvalue weighted by Gasteiger charge is 2.24. The van der Waals surface area contributed by atoms with Gasteiger partial charge in [0.2, 0.25) is 0 Å². The predicted molar refractivity (Wildman–Crippen MR) is 126 cm³/mol. The van der Waals surface area contributed by atoms with Gasteiger partial charge in [-0.25, -0.2) is 9.97 Å². The summed E-state index contributed by atoms with van der Waals surface area (Å²) in [4.78, 5) is 34.3. The van der Waals surface area contributed by atoms with Crippen molar-refractivity contribution in [2.45, 2.75) is 19.3 Å². The fraction of sp³-hybridized carbons (Fsp3) is 0.348. The van der Waals surface area contributed by atoms with Crippen molar-refractivity contribution in [3.63, 3.8) is 0 Å². The van der Waals surface area contributed by atoms with Gasteiger partial charge in [-0.2, -0.15) is 0 Å². The van der Waals surface area contributed by atoms with Gasteiger partial charge in [-0.3, -0.25) is 9.55 Å². The van der Waals surface area contributed by atoms with Crippen LogP contribution in [0.3, 0.4) is 0 Å². The molecule has 3 heterocycles. The molecule has 0 amide bonds. The fourth-order valence-corrected chi connectivity index (χ4v) is 4.68. The number of piperidine rings is 1. The molecule has 3 aromatic rings. The van der Waals surface area contributed by atoms with Crippen LogP contribution in [0.5, 0.6) is 5.75 Å². The Bertz CT molecular complexity index is 1140. The van der Waals surface area contributed by atoms with E-state index >= 15 is 0 Å². The van der Waals surface area contributed by atoms with Crippen LogP contribution in [-0.2, 0) is 4.57 Å². The van der Waals surface area contributed by atoms with Crippen molar-refractivity contribution in [2.75, 3.05) is 31.3 Å². The lowest BCUT2D eigenvalue weighted by Gasteiger charge is -2.33. The van der Waals surface area contributed by atoms with Gasteiger partial charge in [0, 0.05) is 36.9 Å². The Morgan fingerprint density at radius 3 is 2.69 bits per heavy atom. The summed E-state index contributed by atoms with van der Waals surface area (Å²) in [6.45, 7) is 1.57. The fourth-order valence-electron chi connectivity index (χ4n) is 3.98. The maximum atomic E-state index is 11.2. The number of benzene rings is 1. The highest BCUT2D eigenvalue weighted by atomic mass is 31.2. The number of aromatic nitrogens is 3. The Morgan fingerprint density at radius 2 is 2.00 bits per heavy atom. The van der Waals surface area contributed by atoms with E-state index in [0.29, 0.717) is 18.2 Å². The van der Waals surface area contributed by atoms with Crippen LogP contribution in [0.1, 0.15) is 30.7 Å². The summed E-state index contributed by atoms with van der Waals surface area (Å²) in [5, 5.41) is 0.956. The minimum Gasteiger partial charge on any atom is -0.497 e. The van der Waals surface area contributed by atoms with E-state index in [1.807, 2.05) is 42.5 Å². The van der Waals surface area contributed by atoms with E-state index in [-0.39, 0.29) is 6.16 Å². The molecule has 1 fully saturated rings. The highest BCUT2D eigenvalue weighted by Crippen LogP contribution is 2.38. The third-order valence-electron chi connectivity index (χ3n) is 5.75. The number of rotatable bonds is 7. The molecule has 0 aliphatic carbocycles. The zero-order valence-corrected chi connectivity index (χ0v) is 18.9. The third kappa shape index (κ3) is 5.71. The number of methoxy groups -OCH3 is 1. The normalized spacial score (nSPS) is 15.5. The smallest absolute Gasteiger partial charge is 0.325 e. The van der Waals surface area contributed by atoms with Crippen LogP contribution in [0.2, 0.25) is 0 Å². The molecule has 2 N–H and O–H groups in total. The molecule has 9 heteroatoms. The van der Waals surface area contributed by atoms with Crippen molar-refractivity contribution in [3.8, 4) is 5.75 Å². The second kappa shape index (κ2) is 9.77. The van der Waals surface area contributed by atoms with Gasteiger partial charge in [0.15, 0.2) is 5.82 Å². The van der Waals surface area contributed by atoms with E-state index in [0.717, 1.165) is 54.0 Å². The van der Waals surface area contributed by atoms with Gasteiger partial charge in [0.05, 0.1) is 18.8 Å². The van der Waals surface area contributed by atoms with Crippen LogP contribution >= 0.6 is 7.60 Å². The quantitative estimate of drug-likeness (QED) is 0.516. The minimum atomic E-state index is -3.94. The molecule has 0 bridgehead atoms. The van der Waals surface area contributed by atoms with Crippen LogP contribution in [0, 0.1) is 5.92 Å². The number of hydrogen-bond donors (Lipinski definition) is 2. The molecule has 0 saturated carbocycles. The largest absolute Gasteiger partial charge is 0.497 e. The van der Waals surface area contributed by atoms with Crippen LogP contribution in [-0.4, -0.2) is 51.1 Å². The summed E-state index contributed by atoms with van der Waals surface area (Å²) < 4.78 is 16.6. The Hall–Kier alpha value is -2.80. The van der Waals surface area contributed by atoms with Gasteiger partial charge < -0.3 is 19.4 Å². The molecular weight excluding hydrogens is 427 g/mol. The predicted octanol–water partition coefficient (Wildman–Crippen LogP) is 3.99.